The van der Waals surface area contributed by atoms with Gasteiger partial charge >= 0.3 is 5.97 Å². The van der Waals surface area contributed by atoms with Crippen molar-refractivity contribution in [2.75, 3.05) is 13.2 Å². The molecule has 0 aromatic rings. The van der Waals surface area contributed by atoms with E-state index in [0.717, 1.165) is 83.5 Å². The maximum atomic E-state index is 12.4. The maximum absolute atomic E-state index is 12.4. The van der Waals surface area contributed by atoms with Gasteiger partial charge in [0.05, 0.1) is 25.4 Å². The first-order valence-corrected chi connectivity index (χ1v) is 26.6. The van der Waals surface area contributed by atoms with Gasteiger partial charge in [0.2, 0.25) is 5.91 Å². The van der Waals surface area contributed by atoms with E-state index < -0.39 is 12.1 Å². The molecule has 60 heavy (non-hydrogen) atoms. The molecule has 2 atom stereocenters. The predicted molar refractivity (Wildman–Crippen MR) is 260 cm³/mol. The Bertz CT molecular complexity index is 935. The summed E-state index contributed by atoms with van der Waals surface area (Å²) in [6.45, 7) is 4.91. The van der Waals surface area contributed by atoms with E-state index in [0.29, 0.717) is 25.9 Å². The van der Waals surface area contributed by atoms with Crippen LogP contribution in [0.2, 0.25) is 0 Å². The molecule has 1 amide bonds. The van der Waals surface area contributed by atoms with Crippen LogP contribution < -0.4 is 5.32 Å². The van der Waals surface area contributed by atoms with Gasteiger partial charge in [-0.3, -0.25) is 9.59 Å². The SMILES string of the molecule is CCCCCCCCCCCCCCCC(=O)OCCCCC/C=C\C/C=C\CCCCCCCCCC(=O)NC(CO)C(O)CCCCCCCCCCCCCCC. The topological polar surface area (TPSA) is 95.9 Å². The van der Waals surface area contributed by atoms with Crippen LogP contribution in [0.4, 0.5) is 0 Å². The first-order chi connectivity index (χ1) is 29.5. The number of rotatable bonds is 49. The van der Waals surface area contributed by atoms with E-state index in [1.54, 1.807) is 0 Å². The average Bonchev–Trinajstić information content (AvgIpc) is 3.25. The normalized spacial score (nSPS) is 12.8. The molecule has 6 nitrogen and oxygen atoms in total. The molecule has 3 N–H and O–H groups in total. The number of hydrogen-bond donors (Lipinski definition) is 3. The van der Waals surface area contributed by atoms with Crippen LogP contribution in [0.3, 0.4) is 0 Å². The molecule has 0 spiro atoms. The Morgan fingerprint density at radius 2 is 0.833 bits per heavy atom. The number of ether oxygens (including phenoxy) is 1. The zero-order chi connectivity index (χ0) is 43.7. The molecule has 0 aliphatic heterocycles. The van der Waals surface area contributed by atoms with Crippen LogP contribution in [0.25, 0.3) is 0 Å². The first-order valence-electron chi connectivity index (χ1n) is 26.6. The van der Waals surface area contributed by atoms with E-state index in [-0.39, 0.29) is 18.5 Å². The summed E-state index contributed by atoms with van der Waals surface area (Å²) < 4.78 is 5.44. The third kappa shape index (κ3) is 45.9. The van der Waals surface area contributed by atoms with E-state index in [2.05, 4.69) is 43.5 Å². The van der Waals surface area contributed by atoms with Crippen molar-refractivity contribution in [3.05, 3.63) is 24.3 Å². The Balaban J connectivity index is 3.49. The van der Waals surface area contributed by atoms with Crippen LogP contribution in [-0.2, 0) is 14.3 Å². The molecule has 0 aliphatic carbocycles. The predicted octanol–water partition coefficient (Wildman–Crippen LogP) is 15.9. The molecule has 0 saturated heterocycles. The number of allylic oxidation sites excluding steroid dienone is 4. The van der Waals surface area contributed by atoms with Crippen LogP contribution in [0, 0.1) is 0 Å². The number of hydrogen-bond acceptors (Lipinski definition) is 5. The average molecular weight is 846 g/mol. The monoisotopic (exact) mass is 846 g/mol. The summed E-state index contributed by atoms with van der Waals surface area (Å²) in [7, 11) is 0. The minimum Gasteiger partial charge on any atom is -0.466 e. The molecule has 354 valence electrons. The van der Waals surface area contributed by atoms with Gasteiger partial charge < -0.3 is 20.3 Å². The van der Waals surface area contributed by atoms with Crippen LogP contribution in [0.1, 0.15) is 284 Å². The quantitative estimate of drug-likeness (QED) is 0.0322. The lowest BCUT2D eigenvalue weighted by atomic mass is 10.0. The van der Waals surface area contributed by atoms with Gasteiger partial charge in [-0.1, -0.05) is 231 Å². The second-order valence-corrected chi connectivity index (χ2v) is 18.2. The Morgan fingerprint density at radius 3 is 1.27 bits per heavy atom. The number of nitrogens with one attached hydrogen (secondary N) is 1. The van der Waals surface area contributed by atoms with Crippen molar-refractivity contribution in [3.8, 4) is 0 Å². The van der Waals surface area contributed by atoms with Crippen molar-refractivity contribution in [2.45, 2.75) is 296 Å². The maximum Gasteiger partial charge on any atom is 0.305 e. The zero-order valence-electron chi connectivity index (χ0n) is 40.2. The summed E-state index contributed by atoms with van der Waals surface area (Å²) in [4.78, 5) is 24.4. The second kappa shape index (κ2) is 50.0. The highest BCUT2D eigenvalue weighted by atomic mass is 16.5. The summed E-state index contributed by atoms with van der Waals surface area (Å²) in [5, 5.41) is 23.2. The van der Waals surface area contributed by atoms with E-state index >= 15 is 0 Å². The number of unbranched alkanes of at least 4 members (excludes halogenated alkanes) is 34. The van der Waals surface area contributed by atoms with E-state index in [1.165, 1.54) is 167 Å². The van der Waals surface area contributed by atoms with Gasteiger partial charge in [-0.05, 0) is 64.2 Å². The molecule has 6 heteroatoms. The molecule has 0 rings (SSSR count). The number of aliphatic hydroxyl groups excluding tert-OH is 2. The second-order valence-electron chi connectivity index (χ2n) is 18.2. The van der Waals surface area contributed by atoms with Crippen molar-refractivity contribution in [2.24, 2.45) is 0 Å². The molecule has 0 bridgehead atoms. The number of carbonyl (C=O) groups excluding carboxylic acids is 2. The highest BCUT2D eigenvalue weighted by Crippen LogP contribution is 2.16. The van der Waals surface area contributed by atoms with Crippen molar-refractivity contribution in [3.63, 3.8) is 0 Å². The van der Waals surface area contributed by atoms with Gasteiger partial charge in [-0.2, -0.15) is 0 Å². The third-order valence-electron chi connectivity index (χ3n) is 12.3. The van der Waals surface area contributed by atoms with Crippen LogP contribution in [0.15, 0.2) is 24.3 Å². The molecular formula is C54H103NO5. The fourth-order valence-electron chi connectivity index (χ4n) is 8.14. The molecule has 0 fully saturated rings. The summed E-state index contributed by atoms with van der Waals surface area (Å²) >= 11 is 0. The fourth-order valence-corrected chi connectivity index (χ4v) is 8.14. The molecule has 0 saturated carbocycles. The highest BCUT2D eigenvalue weighted by Gasteiger charge is 2.20. The first kappa shape index (κ1) is 58.3. The number of aliphatic hydroxyl groups is 2. The van der Waals surface area contributed by atoms with Gasteiger partial charge in [0.1, 0.15) is 0 Å². The minimum absolute atomic E-state index is 0.0141. The summed E-state index contributed by atoms with van der Waals surface area (Å²) in [6.07, 6.45) is 58.7. The zero-order valence-corrected chi connectivity index (χ0v) is 40.2. The molecule has 0 heterocycles. The molecule has 0 aromatic heterocycles. The molecule has 2 unspecified atom stereocenters. The van der Waals surface area contributed by atoms with Crippen LogP contribution in [-0.4, -0.2) is 47.4 Å². The molecule has 0 radical (unpaired) electrons. The van der Waals surface area contributed by atoms with Crippen molar-refractivity contribution in [1.82, 2.24) is 5.32 Å². The number of carbonyl (C=O) groups is 2. The van der Waals surface area contributed by atoms with Gasteiger partial charge in [0.25, 0.3) is 0 Å². The van der Waals surface area contributed by atoms with E-state index in [9.17, 15) is 19.8 Å². The van der Waals surface area contributed by atoms with E-state index in [1.807, 2.05) is 0 Å². The third-order valence-corrected chi connectivity index (χ3v) is 12.3. The Kier molecular flexibility index (Phi) is 48.6. The Morgan fingerprint density at radius 1 is 0.467 bits per heavy atom. The largest absolute Gasteiger partial charge is 0.466 e. The number of esters is 1. The Hall–Kier alpha value is -1.66. The van der Waals surface area contributed by atoms with Crippen molar-refractivity contribution in [1.29, 1.82) is 0 Å². The lowest BCUT2D eigenvalue weighted by Crippen LogP contribution is -2.45. The van der Waals surface area contributed by atoms with Crippen LogP contribution in [0.5, 0.6) is 0 Å². The standard InChI is InChI=1S/C54H103NO5/c1-3-5-7-9-11-13-15-22-26-30-34-38-42-46-52(57)51(50-56)55-53(58)47-43-39-35-31-27-24-20-18-17-19-21-25-29-33-37-41-45-49-60-54(59)48-44-40-36-32-28-23-16-14-12-10-8-6-4-2/h17,19,25,29,51-52,56-57H,3-16,18,20-24,26-28,30-50H2,1-2H3,(H,55,58)/b19-17-,29-25-. The minimum atomic E-state index is -0.673. The highest BCUT2D eigenvalue weighted by molar-refractivity contribution is 5.76. The van der Waals surface area contributed by atoms with Gasteiger partial charge in [-0.25, -0.2) is 0 Å². The summed E-state index contributed by atoms with van der Waals surface area (Å²) in [6, 6.07) is -0.552. The van der Waals surface area contributed by atoms with Crippen molar-refractivity contribution < 1.29 is 24.5 Å². The lowest BCUT2D eigenvalue weighted by molar-refractivity contribution is -0.143. The lowest BCUT2D eigenvalue weighted by Gasteiger charge is -2.22. The fraction of sp³-hybridized carbons (Fsp3) is 0.889. The summed E-state index contributed by atoms with van der Waals surface area (Å²) in [5.74, 6) is -0.0652. The summed E-state index contributed by atoms with van der Waals surface area (Å²) in [5.41, 5.74) is 0. The molecule has 0 aliphatic rings. The van der Waals surface area contributed by atoms with Crippen LogP contribution >= 0.6 is 0 Å². The molecular weight excluding hydrogens is 743 g/mol. The smallest absolute Gasteiger partial charge is 0.305 e. The van der Waals surface area contributed by atoms with Gasteiger partial charge in [-0.15, -0.1) is 0 Å². The Labute approximate surface area is 373 Å². The molecule has 0 aromatic carbocycles. The number of amides is 1. The van der Waals surface area contributed by atoms with Gasteiger partial charge in [0.15, 0.2) is 0 Å². The van der Waals surface area contributed by atoms with Crippen molar-refractivity contribution >= 4 is 11.9 Å². The van der Waals surface area contributed by atoms with Gasteiger partial charge in [0, 0.05) is 12.8 Å². The van der Waals surface area contributed by atoms with E-state index in [4.69, 9.17) is 4.74 Å².